The van der Waals surface area contributed by atoms with E-state index in [4.69, 9.17) is 10.0 Å². The van der Waals surface area contributed by atoms with Crippen LogP contribution in [0.3, 0.4) is 0 Å². The lowest BCUT2D eigenvalue weighted by molar-refractivity contribution is -0.137. The summed E-state index contributed by atoms with van der Waals surface area (Å²) in [5.41, 5.74) is 0. The van der Waals surface area contributed by atoms with E-state index in [1.54, 1.807) is 6.92 Å². The van der Waals surface area contributed by atoms with Crippen molar-refractivity contribution < 1.29 is 19.6 Å². The third-order valence-electron chi connectivity index (χ3n) is 0.691. The molecular formula is C5H9BO4. The molecule has 0 spiro atoms. The quantitative estimate of drug-likeness (QED) is 0.306. The molecule has 0 atom stereocenters. The van der Waals surface area contributed by atoms with Crippen LogP contribution in [0.15, 0.2) is 12.1 Å². The van der Waals surface area contributed by atoms with Gasteiger partial charge in [0.25, 0.3) is 0 Å². The fourth-order valence-electron chi connectivity index (χ4n) is 0.355. The van der Waals surface area contributed by atoms with Gasteiger partial charge in [-0.3, -0.25) is 0 Å². The van der Waals surface area contributed by atoms with Crippen molar-refractivity contribution in [2.75, 3.05) is 6.61 Å². The molecular weight excluding hydrogens is 135 g/mol. The van der Waals surface area contributed by atoms with Crippen molar-refractivity contribution in [2.45, 2.75) is 6.92 Å². The lowest BCUT2D eigenvalue weighted by Crippen LogP contribution is -2.08. The third-order valence-corrected chi connectivity index (χ3v) is 0.691. The molecule has 0 saturated heterocycles. The molecule has 10 heavy (non-hydrogen) atoms. The van der Waals surface area contributed by atoms with Crippen LogP contribution in [0.4, 0.5) is 0 Å². The Morgan fingerprint density at radius 1 is 1.70 bits per heavy atom. The van der Waals surface area contributed by atoms with Gasteiger partial charge in [-0.2, -0.15) is 0 Å². The van der Waals surface area contributed by atoms with Crippen molar-refractivity contribution in [1.82, 2.24) is 0 Å². The van der Waals surface area contributed by atoms with Gasteiger partial charge in [-0.25, -0.2) is 4.79 Å². The van der Waals surface area contributed by atoms with E-state index in [1.165, 1.54) is 0 Å². The topological polar surface area (TPSA) is 66.8 Å². The molecule has 0 amide bonds. The summed E-state index contributed by atoms with van der Waals surface area (Å²) >= 11 is 0. The van der Waals surface area contributed by atoms with Crippen LogP contribution < -0.4 is 0 Å². The van der Waals surface area contributed by atoms with Crippen LogP contribution in [0.5, 0.6) is 0 Å². The second-order valence-electron chi connectivity index (χ2n) is 1.52. The number of esters is 1. The summed E-state index contributed by atoms with van der Waals surface area (Å²) in [6, 6.07) is 0. The molecule has 0 aliphatic rings. The highest BCUT2D eigenvalue weighted by molar-refractivity contribution is 6.48. The molecule has 0 fully saturated rings. The molecule has 0 aliphatic heterocycles. The Morgan fingerprint density at radius 3 is 2.70 bits per heavy atom. The van der Waals surface area contributed by atoms with Gasteiger partial charge in [0.15, 0.2) is 0 Å². The van der Waals surface area contributed by atoms with E-state index in [0.29, 0.717) is 0 Å². The van der Waals surface area contributed by atoms with Gasteiger partial charge in [0.2, 0.25) is 0 Å². The van der Waals surface area contributed by atoms with Crippen molar-refractivity contribution in [2.24, 2.45) is 0 Å². The minimum Gasteiger partial charge on any atom is -0.463 e. The van der Waals surface area contributed by atoms with Gasteiger partial charge in [-0.1, -0.05) is 0 Å². The molecule has 0 aromatic heterocycles. The van der Waals surface area contributed by atoms with Gasteiger partial charge >= 0.3 is 13.1 Å². The smallest absolute Gasteiger partial charge is 0.463 e. The Labute approximate surface area is 59.3 Å². The molecule has 5 heteroatoms. The van der Waals surface area contributed by atoms with Gasteiger partial charge in [-0.15, -0.1) is 0 Å². The number of hydrogen-bond donors (Lipinski definition) is 2. The number of ether oxygens (including phenoxy) is 1. The molecule has 0 aromatic rings. The summed E-state index contributed by atoms with van der Waals surface area (Å²) in [6.07, 6.45) is 0.966. The Morgan fingerprint density at radius 2 is 2.30 bits per heavy atom. The maximum atomic E-state index is 10.4. The highest BCUT2D eigenvalue weighted by atomic mass is 16.5. The van der Waals surface area contributed by atoms with Crippen LogP contribution in [0, 0.1) is 0 Å². The fraction of sp³-hybridized carbons (Fsp3) is 0.400. The van der Waals surface area contributed by atoms with Crippen molar-refractivity contribution >= 4 is 13.1 Å². The zero-order valence-corrected chi connectivity index (χ0v) is 5.65. The largest absolute Gasteiger partial charge is 0.480 e. The van der Waals surface area contributed by atoms with E-state index in [1.807, 2.05) is 0 Å². The second-order valence-corrected chi connectivity index (χ2v) is 1.52. The van der Waals surface area contributed by atoms with E-state index in [2.05, 4.69) is 4.74 Å². The highest BCUT2D eigenvalue weighted by Gasteiger charge is 2.00. The average molecular weight is 144 g/mol. The third kappa shape index (κ3) is 5.33. The average Bonchev–Trinajstić information content (AvgIpc) is 1.85. The molecule has 0 heterocycles. The van der Waals surface area contributed by atoms with E-state index in [-0.39, 0.29) is 6.61 Å². The molecule has 2 N–H and O–H groups in total. The minimum atomic E-state index is -1.59. The van der Waals surface area contributed by atoms with Crippen LogP contribution in [0.25, 0.3) is 0 Å². The number of hydrogen-bond acceptors (Lipinski definition) is 4. The van der Waals surface area contributed by atoms with E-state index in [9.17, 15) is 4.79 Å². The first kappa shape index (κ1) is 9.19. The van der Waals surface area contributed by atoms with Gasteiger partial charge in [0, 0.05) is 6.08 Å². The Kier molecular flexibility index (Phi) is 4.61. The Bertz CT molecular complexity index is 132. The number of carbonyl (C=O) groups excluding carboxylic acids is 1. The van der Waals surface area contributed by atoms with Crippen LogP contribution in [-0.4, -0.2) is 29.7 Å². The van der Waals surface area contributed by atoms with Gasteiger partial charge in [0.05, 0.1) is 6.61 Å². The molecule has 4 nitrogen and oxygen atoms in total. The summed E-state index contributed by atoms with van der Waals surface area (Å²) in [7, 11) is -1.59. The Hall–Kier alpha value is -0.805. The van der Waals surface area contributed by atoms with Crippen molar-refractivity contribution in [3.05, 3.63) is 12.1 Å². The zero-order valence-electron chi connectivity index (χ0n) is 5.65. The molecule has 0 unspecified atom stereocenters. The lowest BCUT2D eigenvalue weighted by atomic mass is 9.92. The molecule has 0 aromatic carbocycles. The van der Waals surface area contributed by atoms with Crippen molar-refractivity contribution in [1.29, 1.82) is 0 Å². The molecule has 0 saturated carbocycles. The van der Waals surface area contributed by atoms with Gasteiger partial charge in [0.1, 0.15) is 0 Å². The Balaban J connectivity index is 3.56. The monoisotopic (exact) mass is 144 g/mol. The van der Waals surface area contributed by atoms with E-state index in [0.717, 1.165) is 12.1 Å². The summed E-state index contributed by atoms with van der Waals surface area (Å²) in [5, 5.41) is 16.5. The van der Waals surface area contributed by atoms with E-state index < -0.39 is 13.1 Å². The number of rotatable bonds is 3. The van der Waals surface area contributed by atoms with Gasteiger partial charge in [-0.05, 0) is 12.9 Å². The molecule has 0 rings (SSSR count). The van der Waals surface area contributed by atoms with Crippen LogP contribution >= 0.6 is 0 Å². The predicted molar refractivity (Wildman–Crippen MR) is 36.0 cm³/mol. The molecule has 0 radical (unpaired) electrons. The van der Waals surface area contributed by atoms with Gasteiger partial charge < -0.3 is 14.8 Å². The summed E-state index contributed by atoms with van der Waals surface area (Å²) < 4.78 is 4.44. The van der Waals surface area contributed by atoms with Crippen molar-refractivity contribution in [3.63, 3.8) is 0 Å². The second kappa shape index (κ2) is 5.02. The van der Waals surface area contributed by atoms with E-state index >= 15 is 0 Å². The zero-order chi connectivity index (χ0) is 7.98. The molecule has 0 aliphatic carbocycles. The fourth-order valence-corrected chi connectivity index (χ4v) is 0.355. The first-order valence-corrected chi connectivity index (χ1v) is 2.88. The van der Waals surface area contributed by atoms with Crippen LogP contribution in [0.1, 0.15) is 6.92 Å². The minimum absolute atomic E-state index is 0.282. The summed E-state index contributed by atoms with van der Waals surface area (Å²) in [6.45, 7) is 1.95. The highest BCUT2D eigenvalue weighted by Crippen LogP contribution is 1.81. The predicted octanol–water partition coefficient (Wildman–Crippen LogP) is -0.882. The summed E-state index contributed by atoms with van der Waals surface area (Å²) in [4.78, 5) is 10.4. The molecule has 56 valence electrons. The SMILES string of the molecule is CCOC(=O)C=CB(O)O. The normalized spacial score (nSPS) is 9.90. The lowest BCUT2D eigenvalue weighted by Gasteiger charge is -1.93. The maximum Gasteiger partial charge on any atom is 0.480 e. The maximum absolute atomic E-state index is 10.4. The van der Waals surface area contributed by atoms with Crippen LogP contribution in [0.2, 0.25) is 0 Å². The number of carbonyl (C=O) groups is 1. The van der Waals surface area contributed by atoms with Crippen molar-refractivity contribution in [3.8, 4) is 0 Å². The first-order valence-electron chi connectivity index (χ1n) is 2.88. The van der Waals surface area contributed by atoms with Crippen LogP contribution in [-0.2, 0) is 9.53 Å². The summed E-state index contributed by atoms with van der Waals surface area (Å²) in [5.74, 6) is 0.355. The molecule has 0 bridgehead atoms. The standard InChI is InChI=1S/C5H9BO4/c1-2-10-5(7)3-4-6(8)9/h3-4,8-9H,2H2,1H3. The first-order chi connectivity index (χ1) is 4.66.